The molecular weight excluding hydrogens is 544 g/mol. The first-order chi connectivity index (χ1) is 14.8. The first-order valence-electron chi connectivity index (χ1n) is 10.6. The Balaban J connectivity index is 0.00000231. The minimum atomic E-state index is -1.53. The van der Waals surface area contributed by atoms with E-state index in [0.717, 1.165) is 0 Å². The van der Waals surface area contributed by atoms with E-state index in [9.17, 15) is 0 Å². The lowest BCUT2D eigenvalue weighted by Gasteiger charge is -2.35. The van der Waals surface area contributed by atoms with Crippen LogP contribution in [-0.2, 0) is 0 Å². The van der Waals surface area contributed by atoms with Crippen molar-refractivity contribution in [2.24, 2.45) is 0 Å². The summed E-state index contributed by atoms with van der Waals surface area (Å²) in [4.78, 5) is 0. The van der Waals surface area contributed by atoms with Crippen LogP contribution in [0.2, 0.25) is 0 Å². The van der Waals surface area contributed by atoms with Crippen LogP contribution in [0.25, 0.3) is 0 Å². The Morgan fingerprint density at radius 2 is 0.935 bits per heavy atom. The molecule has 0 spiro atoms. The van der Waals surface area contributed by atoms with Crippen molar-refractivity contribution in [2.45, 2.75) is 6.42 Å². The zero-order valence-electron chi connectivity index (χ0n) is 17.4. The van der Waals surface area contributed by atoms with E-state index in [-0.39, 0.29) is 24.0 Å². The second-order valence-electron chi connectivity index (χ2n) is 7.77. The topological polar surface area (TPSA) is 0 Å². The molecule has 0 bridgehead atoms. The Morgan fingerprint density at radius 3 is 1.35 bits per heavy atom. The van der Waals surface area contributed by atoms with Gasteiger partial charge in [0.1, 0.15) is 25.1 Å². The Bertz CT molecular complexity index is 1080. The molecule has 0 saturated carbocycles. The van der Waals surface area contributed by atoms with Gasteiger partial charge in [0.05, 0.1) is 6.16 Å². The van der Waals surface area contributed by atoms with Gasteiger partial charge >= 0.3 is 0 Å². The van der Waals surface area contributed by atoms with Crippen LogP contribution in [0.3, 0.4) is 0 Å². The van der Waals surface area contributed by atoms with Crippen molar-refractivity contribution in [1.29, 1.82) is 0 Å². The van der Waals surface area contributed by atoms with Gasteiger partial charge in [0.15, 0.2) is 0 Å². The van der Waals surface area contributed by atoms with Crippen molar-refractivity contribution in [1.82, 2.24) is 0 Å². The van der Waals surface area contributed by atoms with E-state index in [1.165, 1.54) is 18.7 Å². The average Bonchev–Trinajstić information content (AvgIpc) is 2.86. The molecule has 31 heavy (non-hydrogen) atoms. The van der Waals surface area contributed by atoms with E-state index in [0.29, 0.717) is 0 Å². The molecule has 0 N–H and O–H groups in total. The van der Waals surface area contributed by atoms with E-state index in [4.69, 9.17) is 0 Å². The van der Waals surface area contributed by atoms with E-state index in [1.54, 1.807) is 28.8 Å². The third-order valence-corrected chi connectivity index (χ3v) is 24.4. The van der Waals surface area contributed by atoms with Gasteiger partial charge < -0.3 is 24.0 Å². The van der Waals surface area contributed by atoms with Crippen molar-refractivity contribution in [3.05, 3.63) is 121 Å². The van der Waals surface area contributed by atoms with E-state index >= 15 is 0 Å². The molecule has 0 radical (unpaired) electrons. The molecule has 1 aliphatic heterocycles. The molecule has 0 unspecified atom stereocenters. The van der Waals surface area contributed by atoms with Crippen LogP contribution >= 0.6 is 21.1 Å². The van der Waals surface area contributed by atoms with Gasteiger partial charge in [-0.3, -0.25) is 0 Å². The van der Waals surface area contributed by atoms with Gasteiger partial charge in [-0.25, -0.2) is 0 Å². The molecule has 156 valence electrons. The first kappa shape index (κ1) is 22.9. The quantitative estimate of drug-likeness (QED) is 0.261. The molecule has 0 aliphatic carbocycles. The monoisotopic (exact) mass is 570 g/mol. The van der Waals surface area contributed by atoms with Crippen LogP contribution < -0.4 is 45.2 Å². The van der Waals surface area contributed by atoms with Gasteiger partial charge in [-0.1, -0.05) is 97.1 Å². The second-order valence-corrected chi connectivity index (χ2v) is 20.2. The van der Waals surface area contributed by atoms with Gasteiger partial charge in [0.2, 0.25) is 0 Å². The predicted octanol–water partition coefficient (Wildman–Crippen LogP) is 3.51. The molecule has 0 saturated heterocycles. The molecular formula is C27H26IP3. The molecule has 1 aliphatic rings. The fourth-order valence-electron chi connectivity index (χ4n) is 4.60. The third-order valence-electron chi connectivity index (χ3n) is 6.00. The lowest BCUT2D eigenvalue weighted by atomic mass is 10.4. The maximum Gasteiger partial charge on any atom is 0.128 e. The first-order valence-corrected chi connectivity index (χ1v) is 16.8. The number of halogens is 1. The number of hydrogen-bond acceptors (Lipinski definition) is 0. The van der Waals surface area contributed by atoms with Gasteiger partial charge in [-0.2, -0.15) is 0 Å². The van der Waals surface area contributed by atoms with Crippen molar-refractivity contribution < 1.29 is 24.0 Å². The lowest BCUT2D eigenvalue weighted by Crippen LogP contribution is -3.00. The molecule has 0 nitrogen and oxygen atoms in total. The van der Waals surface area contributed by atoms with Crippen molar-refractivity contribution in [3.8, 4) is 0 Å². The van der Waals surface area contributed by atoms with Crippen molar-refractivity contribution >= 4 is 42.3 Å². The normalized spacial score (nSPS) is 17.0. The minimum absolute atomic E-state index is 0. The summed E-state index contributed by atoms with van der Waals surface area (Å²) in [6.45, 7) is -3.05. The van der Waals surface area contributed by atoms with E-state index in [2.05, 4.69) is 121 Å². The van der Waals surface area contributed by atoms with Crippen LogP contribution in [0.15, 0.2) is 121 Å². The summed E-state index contributed by atoms with van der Waals surface area (Å²) in [5, 5.41) is 6.25. The summed E-state index contributed by atoms with van der Waals surface area (Å²) in [6.07, 6.45) is 3.91. The highest BCUT2D eigenvalue weighted by molar-refractivity contribution is 8.52. The highest BCUT2D eigenvalue weighted by Gasteiger charge is 2.48. The van der Waals surface area contributed by atoms with Crippen LogP contribution in [0.5, 0.6) is 0 Å². The largest absolute Gasteiger partial charge is 1.00 e. The zero-order chi connectivity index (χ0) is 20.3. The highest BCUT2D eigenvalue weighted by Crippen LogP contribution is 2.81. The van der Waals surface area contributed by atoms with Gasteiger partial charge in [0.25, 0.3) is 0 Å². The predicted molar refractivity (Wildman–Crippen MR) is 139 cm³/mol. The summed E-state index contributed by atoms with van der Waals surface area (Å²) in [6, 6.07) is 45.6. The average molecular weight is 570 g/mol. The van der Waals surface area contributed by atoms with Crippen molar-refractivity contribution in [3.63, 3.8) is 0 Å². The summed E-state index contributed by atoms with van der Waals surface area (Å²) >= 11 is 0. The molecule has 0 fully saturated rings. The Kier molecular flexibility index (Phi) is 7.51. The summed E-state index contributed by atoms with van der Waals surface area (Å²) in [5.41, 5.74) is 0. The van der Waals surface area contributed by atoms with Crippen LogP contribution in [0.1, 0.15) is 6.42 Å². The SMILES string of the molecule is [I-].c1ccc(P2(c3ccccc3)=P[P+](c3ccccc3)(c3ccccc3)CCC2)cc1. The summed E-state index contributed by atoms with van der Waals surface area (Å²) in [7, 11) is 1.66. The van der Waals surface area contributed by atoms with Crippen LogP contribution in [-0.4, -0.2) is 12.3 Å². The number of rotatable bonds is 4. The molecule has 0 amide bonds. The fourth-order valence-corrected chi connectivity index (χ4v) is 27.3. The van der Waals surface area contributed by atoms with Gasteiger partial charge in [-0.05, 0) is 47.5 Å². The zero-order valence-corrected chi connectivity index (χ0v) is 22.2. The van der Waals surface area contributed by atoms with E-state index in [1.807, 2.05) is 0 Å². The standard InChI is InChI=1S/C27H26P3.HI/c1-5-14-24(15-6-1)29(25-16-7-2-8-17-25)22-13-23-30(28-29,26-18-9-3-10-19-26)27-20-11-4-12-21-27;/h1-12,14-21H,13,22-23H2;1H/q+1;/p-1. The molecule has 0 atom stereocenters. The fraction of sp³-hybridized carbons (Fsp3) is 0.111. The minimum Gasteiger partial charge on any atom is -1.00 e. The molecule has 4 aromatic carbocycles. The summed E-state index contributed by atoms with van der Waals surface area (Å²) in [5.74, 6) is 0. The second kappa shape index (κ2) is 10.1. The van der Waals surface area contributed by atoms with E-state index < -0.39 is 13.5 Å². The molecule has 5 rings (SSSR count). The van der Waals surface area contributed by atoms with Crippen LogP contribution in [0, 0.1) is 0 Å². The Morgan fingerprint density at radius 1 is 0.548 bits per heavy atom. The third kappa shape index (κ3) is 4.36. The van der Waals surface area contributed by atoms with Crippen molar-refractivity contribution in [2.75, 3.05) is 12.3 Å². The lowest BCUT2D eigenvalue weighted by molar-refractivity contribution is -0.00000563. The Hall–Kier alpha value is -1.23. The van der Waals surface area contributed by atoms with Gasteiger partial charge in [-0.15, -0.1) is 0 Å². The smallest absolute Gasteiger partial charge is 0.128 e. The Labute approximate surface area is 205 Å². The molecule has 4 aromatic rings. The van der Waals surface area contributed by atoms with Gasteiger partial charge in [0, 0.05) is 6.55 Å². The number of benzene rings is 4. The highest BCUT2D eigenvalue weighted by atomic mass is 127. The number of hydrogen-bond donors (Lipinski definition) is 0. The molecule has 4 heteroatoms. The maximum atomic E-state index is 2.39. The molecule has 1 heterocycles. The maximum absolute atomic E-state index is 2.39. The summed E-state index contributed by atoms with van der Waals surface area (Å²) < 4.78 is 0. The molecule has 0 aromatic heterocycles. The van der Waals surface area contributed by atoms with Crippen LogP contribution in [0.4, 0.5) is 0 Å².